The third kappa shape index (κ3) is 4.51. The van der Waals surface area contributed by atoms with Crippen molar-refractivity contribution in [1.29, 1.82) is 5.26 Å². The Balaban J connectivity index is 2.17. The summed E-state index contributed by atoms with van der Waals surface area (Å²) in [5.41, 5.74) is 3.59. The smallest absolute Gasteiger partial charge is 0.242 e. The van der Waals surface area contributed by atoms with E-state index in [0.29, 0.717) is 11.5 Å². The van der Waals surface area contributed by atoms with Crippen molar-refractivity contribution in [2.75, 3.05) is 19.5 Å². The molecule has 0 aromatic heterocycles. The van der Waals surface area contributed by atoms with Gasteiger partial charge in [0.05, 0.1) is 20.3 Å². The van der Waals surface area contributed by atoms with Crippen LogP contribution in [0.4, 0.5) is 5.69 Å². The van der Waals surface area contributed by atoms with Crippen molar-refractivity contribution < 1.29 is 14.3 Å². The van der Waals surface area contributed by atoms with E-state index in [1.165, 1.54) is 0 Å². The van der Waals surface area contributed by atoms with E-state index in [1.54, 1.807) is 26.4 Å². The van der Waals surface area contributed by atoms with Crippen molar-refractivity contribution in [2.45, 2.75) is 20.3 Å². The zero-order chi connectivity index (χ0) is 18.4. The van der Waals surface area contributed by atoms with Crippen LogP contribution in [0.2, 0.25) is 0 Å². The van der Waals surface area contributed by atoms with Crippen LogP contribution in [0, 0.1) is 31.1 Å². The van der Waals surface area contributed by atoms with Gasteiger partial charge in [-0.15, -0.1) is 0 Å². The van der Waals surface area contributed by atoms with E-state index >= 15 is 0 Å². The van der Waals surface area contributed by atoms with E-state index in [4.69, 9.17) is 9.47 Å². The molecule has 1 atom stereocenters. The molecule has 0 radical (unpaired) electrons. The molecule has 0 spiro atoms. The van der Waals surface area contributed by atoms with Gasteiger partial charge < -0.3 is 14.8 Å². The molecule has 1 unspecified atom stereocenters. The van der Waals surface area contributed by atoms with Crippen molar-refractivity contribution in [3.05, 3.63) is 53.1 Å². The lowest BCUT2D eigenvalue weighted by Gasteiger charge is -2.15. The quantitative estimate of drug-likeness (QED) is 0.873. The Labute approximate surface area is 148 Å². The SMILES string of the molecule is COc1ccc(CC(C#N)C(=O)Nc2ccc(C)cc2C)c(OC)c1. The lowest BCUT2D eigenvalue weighted by atomic mass is 9.98. The van der Waals surface area contributed by atoms with Gasteiger partial charge in [0.1, 0.15) is 17.4 Å². The Morgan fingerprint density at radius 1 is 1.16 bits per heavy atom. The Morgan fingerprint density at radius 2 is 1.92 bits per heavy atom. The molecule has 1 N–H and O–H groups in total. The highest BCUT2D eigenvalue weighted by atomic mass is 16.5. The highest BCUT2D eigenvalue weighted by Crippen LogP contribution is 2.27. The number of carbonyl (C=O) groups is 1. The van der Waals surface area contributed by atoms with Crippen molar-refractivity contribution in [3.8, 4) is 17.6 Å². The van der Waals surface area contributed by atoms with Gasteiger partial charge in [-0.25, -0.2) is 0 Å². The summed E-state index contributed by atoms with van der Waals surface area (Å²) in [4.78, 5) is 12.5. The summed E-state index contributed by atoms with van der Waals surface area (Å²) in [7, 11) is 3.12. The van der Waals surface area contributed by atoms with E-state index in [-0.39, 0.29) is 12.3 Å². The first kappa shape index (κ1) is 18.3. The van der Waals surface area contributed by atoms with Gasteiger partial charge in [0.25, 0.3) is 0 Å². The van der Waals surface area contributed by atoms with Gasteiger partial charge >= 0.3 is 0 Å². The predicted molar refractivity (Wildman–Crippen MR) is 96.9 cm³/mol. The van der Waals surface area contributed by atoms with E-state index < -0.39 is 5.92 Å². The molecule has 2 aromatic carbocycles. The number of nitrogens with one attached hydrogen (secondary N) is 1. The lowest BCUT2D eigenvalue weighted by Crippen LogP contribution is -2.24. The van der Waals surface area contributed by atoms with Gasteiger partial charge in [-0.3, -0.25) is 4.79 Å². The Bertz CT molecular complexity index is 809. The minimum atomic E-state index is -0.817. The molecule has 0 aliphatic rings. The summed E-state index contributed by atoms with van der Waals surface area (Å²) in [5.74, 6) is 0.114. The van der Waals surface area contributed by atoms with Crippen LogP contribution in [0.5, 0.6) is 11.5 Å². The number of anilines is 1. The summed E-state index contributed by atoms with van der Waals surface area (Å²) >= 11 is 0. The molecule has 0 bridgehead atoms. The van der Waals surface area contributed by atoms with Gasteiger partial charge in [0.15, 0.2) is 0 Å². The summed E-state index contributed by atoms with van der Waals surface area (Å²) in [6.07, 6.45) is 0.264. The number of aryl methyl sites for hydroxylation is 2. The summed E-state index contributed by atoms with van der Waals surface area (Å²) < 4.78 is 10.5. The van der Waals surface area contributed by atoms with Crippen molar-refractivity contribution in [3.63, 3.8) is 0 Å². The Morgan fingerprint density at radius 3 is 2.52 bits per heavy atom. The highest BCUT2D eigenvalue weighted by molar-refractivity contribution is 5.95. The van der Waals surface area contributed by atoms with Crippen LogP contribution in [0.15, 0.2) is 36.4 Å². The molecule has 5 nitrogen and oxygen atoms in total. The molecule has 1 amide bonds. The average Bonchev–Trinajstić information content (AvgIpc) is 2.61. The zero-order valence-electron chi connectivity index (χ0n) is 14.9. The third-order valence-corrected chi connectivity index (χ3v) is 4.03. The number of carbonyl (C=O) groups excluding carboxylic acids is 1. The van der Waals surface area contributed by atoms with Gasteiger partial charge in [-0.1, -0.05) is 23.8 Å². The van der Waals surface area contributed by atoms with E-state index in [9.17, 15) is 10.1 Å². The van der Waals surface area contributed by atoms with Gasteiger partial charge in [-0.2, -0.15) is 5.26 Å². The fourth-order valence-corrected chi connectivity index (χ4v) is 2.61. The maximum atomic E-state index is 12.5. The molecule has 25 heavy (non-hydrogen) atoms. The van der Waals surface area contributed by atoms with Crippen LogP contribution in [0.1, 0.15) is 16.7 Å². The number of nitriles is 1. The summed E-state index contributed by atoms with van der Waals surface area (Å²) in [5, 5.41) is 12.3. The maximum Gasteiger partial charge on any atom is 0.242 e. The van der Waals surface area contributed by atoms with Crippen LogP contribution >= 0.6 is 0 Å². The molecule has 0 heterocycles. The number of nitrogens with zero attached hydrogens (tertiary/aromatic N) is 1. The second kappa shape index (κ2) is 8.20. The number of amides is 1. The highest BCUT2D eigenvalue weighted by Gasteiger charge is 2.21. The molecule has 130 valence electrons. The molecule has 0 fully saturated rings. The second-order valence-corrected chi connectivity index (χ2v) is 5.87. The van der Waals surface area contributed by atoms with Crippen LogP contribution in [0.3, 0.4) is 0 Å². The number of hydrogen-bond acceptors (Lipinski definition) is 4. The van der Waals surface area contributed by atoms with Crippen molar-refractivity contribution >= 4 is 11.6 Å². The molecule has 5 heteroatoms. The molecule has 0 saturated heterocycles. The van der Waals surface area contributed by atoms with E-state index in [2.05, 4.69) is 11.4 Å². The first-order valence-corrected chi connectivity index (χ1v) is 7.97. The number of ether oxygens (including phenoxy) is 2. The summed E-state index contributed by atoms with van der Waals surface area (Å²) in [6, 6.07) is 13.2. The number of rotatable bonds is 6. The minimum absolute atomic E-state index is 0.264. The minimum Gasteiger partial charge on any atom is -0.497 e. The lowest BCUT2D eigenvalue weighted by molar-refractivity contribution is -0.118. The Hall–Kier alpha value is -3.00. The van der Waals surface area contributed by atoms with Crippen molar-refractivity contribution in [2.24, 2.45) is 5.92 Å². The fraction of sp³-hybridized carbons (Fsp3) is 0.300. The van der Waals surface area contributed by atoms with Crippen LogP contribution in [-0.4, -0.2) is 20.1 Å². The Kier molecular flexibility index (Phi) is 6.02. The third-order valence-electron chi connectivity index (χ3n) is 4.03. The van der Waals surface area contributed by atoms with Gasteiger partial charge in [0, 0.05) is 18.2 Å². The maximum absolute atomic E-state index is 12.5. The fourth-order valence-electron chi connectivity index (χ4n) is 2.61. The van der Waals surface area contributed by atoms with Gasteiger partial charge in [0.2, 0.25) is 5.91 Å². The van der Waals surface area contributed by atoms with Crippen LogP contribution < -0.4 is 14.8 Å². The molecular weight excluding hydrogens is 316 g/mol. The molecule has 0 saturated carbocycles. The second-order valence-electron chi connectivity index (χ2n) is 5.87. The van der Waals surface area contributed by atoms with E-state index in [1.807, 2.05) is 38.1 Å². The average molecular weight is 338 g/mol. The number of hydrogen-bond donors (Lipinski definition) is 1. The van der Waals surface area contributed by atoms with Crippen LogP contribution in [0.25, 0.3) is 0 Å². The molecule has 2 aromatic rings. The first-order chi connectivity index (χ1) is 12.0. The molecule has 2 rings (SSSR count). The largest absolute Gasteiger partial charge is 0.497 e. The van der Waals surface area contributed by atoms with E-state index in [0.717, 1.165) is 22.4 Å². The number of methoxy groups -OCH3 is 2. The normalized spacial score (nSPS) is 11.3. The molecule has 0 aliphatic carbocycles. The number of benzene rings is 2. The summed E-state index contributed by atoms with van der Waals surface area (Å²) in [6.45, 7) is 3.92. The first-order valence-electron chi connectivity index (χ1n) is 7.97. The topological polar surface area (TPSA) is 71.3 Å². The van der Waals surface area contributed by atoms with Crippen molar-refractivity contribution in [1.82, 2.24) is 0 Å². The van der Waals surface area contributed by atoms with Crippen LogP contribution in [-0.2, 0) is 11.2 Å². The molecule has 0 aliphatic heterocycles. The predicted octanol–water partition coefficient (Wildman–Crippen LogP) is 3.64. The molecular formula is C20H22N2O3. The standard InChI is InChI=1S/C20H22N2O3/c1-13-5-8-18(14(2)9-13)22-20(23)16(12-21)10-15-6-7-17(24-3)11-19(15)25-4/h5-9,11,16H,10H2,1-4H3,(H,22,23). The monoisotopic (exact) mass is 338 g/mol. The van der Waals surface area contributed by atoms with Gasteiger partial charge in [-0.05, 0) is 37.1 Å². The zero-order valence-corrected chi connectivity index (χ0v) is 14.9.